The molecular weight excluding hydrogens is 1110 g/mol. The number of hydrogen-bond acceptors (Lipinski definition) is 9. The first kappa shape index (κ1) is 90.0. The molecular formula is C76H121N14+5. The predicted octanol–water partition coefficient (Wildman–Crippen LogP) is 17.2. The lowest BCUT2D eigenvalue weighted by atomic mass is 10.1. The number of aryl methyl sites for hydroxylation is 10. The van der Waals surface area contributed by atoms with Crippen molar-refractivity contribution in [1.82, 2.24) is 44.9 Å². The van der Waals surface area contributed by atoms with Crippen LogP contribution >= 0.6 is 0 Å². The Morgan fingerprint density at radius 1 is 0.256 bits per heavy atom. The fraction of sp³-hybridized carbons (Fsp3) is 0.395. The molecule has 0 radical (unpaired) electrons. The molecule has 10 rings (SSSR count). The molecule has 10 aromatic rings. The van der Waals surface area contributed by atoms with Gasteiger partial charge in [0.15, 0.2) is 6.20 Å². The van der Waals surface area contributed by atoms with E-state index >= 15 is 0 Å². The van der Waals surface area contributed by atoms with Crippen molar-refractivity contribution in [2.75, 3.05) is 0 Å². The van der Waals surface area contributed by atoms with Gasteiger partial charge in [0.25, 0.3) is 0 Å². The largest absolute Gasteiger partial charge is 0.331 e. The smallest absolute Gasteiger partial charge is 0.264 e. The molecule has 0 fully saturated rings. The summed E-state index contributed by atoms with van der Waals surface area (Å²) in [6.45, 7) is 50.2. The molecule has 0 N–H and O–H groups in total. The Labute approximate surface area is 548 Å². The minimum atomic E-state index is 0.943. The van der Waals surface area contributed by atoms with Crippen molar-refractivity contribution in [2.24, 2.45) is 35.2 Å². The normalized spacial score (nSPS) is 8.56. The summed E-state index contributed by atoms with van der Waals surface area (Å²) >= 11 is 0. The van der Waals surface area contributed by atoms with E-state index < -0.39 is 0 Å². The van der Waals surface area contributed by atoms with Crippen molar-refractivity contribution in [2.45, 2.75) is 173 Å². The zero-order chi connectivity index (χ0) is 69.8. The lowest BCUT2D eigenvalue weighted by molar-refractivity contribution is -0.663. The minimum absolute atomic E-state index is 0.943. The van der Waals surface area contributed by atoms with E-state index in [9.17, 15) is 0 Å². The van der Waals surface area contributed by atoms with Crippen LogP contribution in [0.4, 0.5) is 0 Å². The van der Waals surface area contributed by atoms with Crippen LogP contribution in [0.3, 0.4) is 0 Å². The lowest BCUT2D eigenvalue weighted by Crippen LogP contribution is -2.31. The summed E-state index contributed by atoms with van der Waals surface area (Å²) in [6, 6.07) is 29.9. The van der Waals surface area contributed by atoms with Gasteiger partial charge in [-0.1, -0.05) is 157 Å². The van der Waals surface area contributed by atoms with Crippen molar-refractivity contribution in [3.05, 3.63) is 218 Å². The highest BCUT2D eigenvalue weighted by Gasteiger charge is 2.17. The number of pyridine rings is 4. The van der Waals surface area contributed by atoms with Crippen molar-refractivity contribution >= 4 is 0 Å². The third-order valence-corrected chi connectivity index (χ3v) is 11.1. The molecule has 90 heavy (non-hydrogen) atoms. The molecule has 0 amide bonds. The van der Waals surface area contributed by atoms with Crippen LogP contribution in [0, 0.1) is 34.6 Å². The number of aromatic nitrogens is 14. The first-order valence-corrected chi connectivity index (χ1v) is 32.7. The van der Waals surface area contributed by atoms with Crippen LogP contribution in [0.15, 0.2) is 190 Å². The van der Waals surface area contributed by atoms with E-state index in [-0.39, 0.29) is 0 Å². The van der Waals surface area contributed by atoms with Crippen LogP contribution in [0.2, 0.25) is 0 Å². The number of hydrogen-bond donors (Lipinski definition) is 0. The van der Waals surface area contributed by atoms with Gasteiger partial charge in [-0.05, 0) is 113 Å². The Morgan fingerprint density at radius 2 is 0.611 bits per heavy atom. The Hall–Kier alpha value is -8.78. The van der Waals surface area contributed by atoms with E-state index in [0.717, 1.165) is 68.2 Å². The van der Waals surface area contributed by atoms with Crippen LogP contribution in [0.5, 0.6) is 0 Å². The zero-order valence-electron chi connectivity index (χ0n) is 61.7. The van der Waals surface area contributed by atoms with Gasteiger partial charge in [0.05, 0.1) is 80.9 Å². The Morgan fingerprint density at radius 3 is 1.02 bits per heavy atom. The molecule has 0 saturated heterocycles. The highest BCUT2D eigenvalue weighted by molar-refractivity contribution is 5.58. The molecule has 0 atom stereocenters. The molecule has 1 aromatic carbocycles. The number of rotatable bonds is 5. The molecule has 0 saturated carbocycles. The topological polar surface area (TPSA) is 135 Å². The van der Waals surface area contributed by atoms with Crippen molar-refractivity contribution in [3.63, 3.8) is 0 Å². The summed E-state index contributed by atoms with van der Waals surface area (Å²) in [5.74, 6) is 3.86. The van der Waals surface area contributed by atoms with E-state index in [1.54, 1.807) is 43.5 Å². The number of benzene rings is 1. The van der Waals surface area contributed by atoms with Gasteiger partial charge in [0.1, 0.15) is 43.9 Å². The summed E-state index contributed by atoms with van der Waals surface area (Å²) in [7, 11) is 9.97. The molecule has 490 valence electrons. The molecule has 0 bridgehead atoms. The van der Waals surface area contributed by atoms with E-state index in [0.29, 0.717) is 0 Å². The van der Waals surface area contributed by atoms with Gasteiger partial charge in [-0.15, -0.1) is 0 Å². The average Bonchev–Trinajstić information content (AvgIpc) is 2.35. The molecule has 9 heterocycles. The Balaban J connectivity index is -0.000000312. The Kier molecular flexibility index (Phi) is 60.5. The van der Waals surface area contributed by atoms with E-state index in [1.165, 1.54) is 16.7 Å². The van der Waals surface area contributed by atoms with Gasteiger partial charge in [-0.3, -0.25) is 15.0 Å². The summed E-state index contributed by atoms with van der Waals surface area (Å²) in [5.41, 5.74) is 12.2. The van der Waals surface area contributed by atoms with Gasteiger partial charge < -0.3 is 0 Å². The van der Waals surface area contributed by atoms with Crippen molar-refractivity contribution < 1.29 is 22.8 Å². The maximum atomic E-state index is 4.37. The van der Waals surface area contributed by atoms with Crippen LogP contribution in [0.25, 0.3) is 56.9 Å². The third kappa shape index (κ3) is 33.0. The predicted molar refractivity (Wildman–Crippen MR) is 383 cm³/mol. The standard InChI is InChI=1S/C12H13N2.4C11H12N3.10C2H6/c1-10-6-3-4-7-11(10)12-13-8-5-9-14(12)2;1-9-8-12-6-4-10(9)11-13-5-3-7-14(11)2;1-9-4-6-12-8-10(9)11-13-5-3-7-14(11)2;1-9-10(5-3-6-12-9)11-13-7-4-8-14(11)2;1-9-7-12-8-13-11(9)10-5-3-4-6-14(10)2;10*1-2/h3-9H,1-2H3;4*3-8H,1-2H3;10*1-2H3/q5*+1;;;;;;;;;;. The van der Waals surface area contributed by atoms with Crippen LogP contribution in [-0.4, -0.2) is 44.9 Å². The second-order valence-corrected chi connectivity index (χ2v) is 16.3. The molecule has 0 aliphatic heterocycles. The molecule has 14 heteroatoms. The second kappa shape index (κ2) is 60.5. The average molecular weight is 1230 g/mol. The first-order chi connectivity index (χ1) is 43.9. The summed E-state index contributed by atoms with van der Waals surface area (Å²) in [4.78, 5) is 38.1. The molecule has 0 spiro atoms. The molecule has 0 aliphatic rings. The van der Waals surface area contributed by atoms with Crippen molar-refractivity contribution in [3.8, 4) is 56.9 Å². The van der Waals surface area contributed by atoms with Crippen molar-refractivity contribution in [1.29, 1.82) is 0 Å². The SMILES string of the molecule is CC.CC.CC.CC.CC.CC.CC.CC.CC.CC.Cc1ccccc1-c1nccc[n+]1C.Cc1ccncc1-c1nccc[n+]1C.Cc1cnccc1-c1nccc[n+]1C.Cc1cncnc1-c1cccc[n+]1C.Cc1ncccc1-c1nccc[n+]1C. The quantitative estimate of drug-likeness (QED) is 0.154. The molecule has 0 unspecified atom stereocenters. The van der Waals surface area contributed by atoms with E-state index in [1.807, 2.05) is 341 Å². The fourth-order valence-electron chi connectivity index (χ4n) is 7.21. The first-order valence-electron chi connectivity index (χ1n) is 32.7. The van der Waals surface area contributed by atoms with Gasteiger partial charge in [-0.2, -0.15) is 4.57 Å². The van der Waals surface area contributed by atoms with E-state index in [4.69, 9.17) is 0 Å². The number of nitrogens with zero attached hydrogens (tertiary/aromatic N) is 14. The van der Waals surface area contributed by atoms with E-state index in [2.05, 4.69) is 81.5 Å². The summed E-state index contributed by atoms with van der Waals surface area (Å²) in [6.07, 6.45) is 29.7. The summed E-state index contributed by atoms with van der Waals surface area (Å²) < 4.78 is 10.1. The third-order valence-electron chi connectivity index (χ3n) is 11.1. The van der Waals surface area contributed by atoms with Gasteiger partial charge in [-0.25, -0.2) is 28.2 Å². The molecule has 14 nitrogen and oxygen atoms in total. The van der Waals surface area contributed by atoms with Gasteiger partial charge in [0, 0.05) is 73.6 Å². The van der Waals surface area contributed by atoms with Crippen LogP contribution in [-0.2, 0) is 35.2 Å². The van der Waals surface area contributed by atoms with Crippen LogP contribution < -0.4 is 22.8 Å². The zero-order valence-corrected chi connectivity index (χ0v) is 61.7. The highest BCUT2D eigenvalue weighted by atomic mass is 15.0. The lowest BCUT2D eigenvalue weighted by Gasteiger charge is -2.00. The Bertz CT molecular complexity index is 2550. The second-order valence-electron chi connectivity index (χ2n) is 16.3. The summed E-state index contributed by atoms with van der Waals surface area (Å²) in [5, 5.41) is 0. The molecule has 9 aromatic heterocycles. The highest BCUT2D eigenvalue weighted by Crippen LogP contribution is 2.19. The van der Waals surface area contributed by atoms with Crippen LogP contribution in [0.1, 0.15) is 166 Å². The monoisotopic (exact) mass is 1230 g/mol. The van der Waals surface area contributed by atoms with Gasteiger partial charge in [0.2, 0.25) is 5.69 Å². The maximum absolute atomic E-state index is 4.37. The fourth-order valence-corrected chi connectivity index (χ4v) is 7.21. The van der Waals surface area contributed by atoms with Gasteiger partial charge >= 0.3 is 23.3 Å². The minimum Gasteiger partial charge on any atom is -0.264 e. The maximum Gasteiger partial charge on any atom is 0.331 e. The molecule has 0 aliphatic carbocycles.